The molecule has 0 radical (unpaired) electrons. The summed E-state index contributed by atoms with van der Waals surface area (Å²) in [5, 5.41) is 19.6. The first-order valence-corrected chi connectivity index (χ1v) is 6.04. The number of carbonyl (C=O) groups excluding carboxylic acids is 1. The highest BCUT2D eigenvalue weighted by molar-refractivity contribution is 5.58. The zero-order chi connectivity index (χ0) is 13.6. The Kier molecular flexibility index (Phi) is 5.47. The maximum atomic E-state index is 10.7. The Hall–Kier alpha value is -1.23. The van der Waals surface area contributed by atoms with Gasteiger partial charge in [-0.15, -0.1) is 0 Å². The summed E-state index contributed by atoms with van der Waals surface area (Å²) < 4.78 is 5.59. The molecule has 0 aromatic heterocycles. The highest BCUT2D eigenvalue weighted by Crippen LogP contribution is 2.24. The quantitative estimate of drug-likeness (QED) is 0.718. The zero-order valence-corrected chi connectivity index (χ0v) is 10.7. The molecule has 0 bridgehead atoms. The Labute approximate surface area is 107 Å². The van der Waals surface area contributed by atoms with Crippen LogP contribution < -0.4 is 0 Å². The smallest absolute Gasteiger partial charge is 0.151 e. The molecule has 100 valence electrons. The van der Waals surface area contributed by atoms with Gasteiger partial charge in [0.15, 0.2) is 6.29 Å². The molecular formula is C14H20O4. The van der Waals surface area contributed by atoms with E-state index in [-0.39, 0.29) is 6.61 Å². The molecule has 0 saturated carbocycles. The predicted octanol–water partition coefficient (Wildman–Crippen LogP) is 1.29. The van der Waals surface area contributed by atoms with E-state index in [2.05, 4.69) is 0 Å². The first kappa shape index (κ1) is 14.8. The van der Waals surface area contributed by atoms with Gasteiger partial charge in [-0.2, -0.15) is 0 Å². The molecule has 0 spiro atoms. The van der Waals surface area contributed by atoms with E-state index in [1.165, 1.54) is 0 Å². The number of aldehydes is 1. The summed E-state index contributed by atoms with van der Waals surface area (Å²) in [7, 11) is 0. The first-order chi connectivity index (χ1) is 8.54. The van der Waals surface area contributed by atoms with Crippen LogP contribution in [0.5, 0.6) is 0 Å². The topological polar surface area (TPSA) is 66.8 Å². The lowest BCUT2D eigenvalue weighted by molar-refractivity contribution is -0.178. The summed E-state index contributed by atoms with van der Waals surface area (Å²) >= 11 is 0. The molecule has 0 heterocycles. The van der Waals surface area contributed by atoms with Crippen molar-refractivity contribution in [2.75, 3.05) is 0 Å². The number of ether oxygens (including phenoxy) is 1. The van der Waals surface area contributed by atoms with E-state index in [1.807, 2.05) is 30.3 Å². The van der Waals surface area contributed by atoms with Crippen molar-refractivity contribution in [1.82, 2.24) is 0 Å². The van der Waals surface area contributed by atoms with Gasteiger partial charge in [0.1, 0.15) is 11.7 Å². The monoisotopic (exact) mass is 252 g/mol. The number of benzene rings is 1. The lowest BCUT2D eigenvalue weighted by Crippen LogP contribution is -2.52. The number of hydrogen-bond acceptors (Lipinski definition) is 4. The predicted molar refractivity (Wildman–Crippen MR) is 68.0 cm³/mol. The summed E-state index contributed by atoms with van der Waals surface area (Å²) in [4.78, 5) is 10.7. The van der Waals surface area contributed by atoms with Crippen LogP contribution in [0, 0.1) is 0 Å². The number of rotatable bonds is 7. The molecule has 0 aliphatic rings. The third-order valence-corrected chi connectivity index (χ3v) is 3.16. The largest absolute Gasteiger partial charge is 0.390 e. The van der Waals surface area contributed by atoms with Crippen LogP contribution in [-0.2, 0) is 16.1 Å². The molecule has 0 saturated heterocycles. The molecule has 0 amide bonds. The maximum absolute atomic E-state index is 10.7. The van der Waals surface area contributed by atoms with Crippen LogP contribution in [0.1, 0.15) is 25.8 Å². The van der Waals surface area contributed by atoms with Crippen molar-refractivity contribution in [2.45, 2.75) is 44.7 Å². The average Bonchev–Trinajstić information content (AvgIpc) is 2.43. The van der Waals surface area contributed by atoms with Gasteiger partial charge in [0.05, 0.1) is 12.7 Å². The standard InChI is InChI=1S/C14H20O4/c1-3-12(16)14(2,13(17)9-15)18-10-11-7-5-4-6-8-11/h4-9,12-13,16-17H,3,10H2,1-2H3/t12-,13+,14+/m1/s1. The molecule has 18 heavy (non-hydrogen) atoms. The highest BCUT2D eigenvalue weighted by atomic mass is 16.5. The SMILES string of the molecule is CC[C@@H](O)[C@](C)(OCc1ccccc1)[C@@H](O)C=O. The van der Waals surface area contributed by atoms with E-state index in [1.54, 1.807) is 13.8 Å². The van der Waals surface area contributed by atoms with E-state index in [0.717, 1.165) is 5.56 Å². The van der Waals surface area contributed by atoms with Gasteiger partial charge in [-0.25, -0.2) is 0 Å². The van der Waals surface area contributed by atoms with Crippen molar-refractivity contribution < 1.29 is 19.7 Å². The van der Waals surface area contributed by atoms with E-state index >= 15 is 0 Å². The van der Waals surface area contributed by atoms with Crippen molar-refractivity contribution >= 4 is 6.29 Å². The second-order valence-electron chi connectivity index (χ2n) is 4.46. The normalized spacial score (nSPS) is 17.8. The Morgan fingerprint density at radius 2 is 1.94 bits per heavy atom. The van der Waals surface area contributed by atoms with Crippen LogP contribution in [0.25, 0.3) is 0 Å². The Bertz CT molecular complexity index is 365. The van der Waals surface area contributed by atoms with Crippen LogP contribution in [-0.4, -0.2) is 34.3 Å². The van der Waals surface area contributed by atoms with Gasteiger partial charge in [0.25, 0.3) is 0 Å². The third kappa shape index (κ3) is 3.38. The molecule has 0 aliphatic heterocycles. The van der Waals surface area contributed by atoms with Crippen LogP contribution in [0.2, 0.25) is 0 Å². The molecule has 1 rings (SSSR count). The van der Waals surface area contributed by atoms with Crippen LogP contribution >= 0.6 is 0 Å². The molecule has 0 unspecified atom stereocenters. The van der Waals surface area contributed by atoms with E-state index in [9.17, 15) is 15.0 Å². The number of aliphatic hydroxyl groups is 2. The van der Waals surface area contributed by atoms with Gasteiger partial charge in [-0.3, -0.25) is 0 Å². The minimum Gasteiger partial charge on any atom is -0.390 e. The van der Waals surface area contributed by atoms with Crippen LogP contribution in [0.15, 0.2) is 30.3 Å². The van der Waals surface area contributed by atoms with E-state index in [4.69, 9.17) is 4.74 Å². The zero-order valence-electron chi connectivity index (χ0n) is 10.7. The third-order valence-electron chi connectivity index (χ3n) is 3.16. The summed E-state index contributed by atoms with van der Waals surface area (Å²) in [6, 6.07) is 9.41. The van der Waals surface area contributed by atoms with Crippen molar-refractivity contribution in [3.05, 3.63) is 35.9 Å². The number of carbonyl (C=O) groups is 1. The molecule has 1 aromatic rings. The van der Waals surface area contributed by atoms with Crippen LogP contribution in [0.3, 0.4) is 0 Å². The average molecular weight is 252 g/mol. The van der Waals surface area contributed by atoms with Gasteiger partial charge < -0.3 is 19.7 Å². The van der Waals surface area contributed by atoms with Crippen LogP contribution in [0.4, 0.5) is 0 Å². The minimum absolute atomic E-state index is 0.235. The number of hydrogen-bond donors (Lipinski definition) is 2. The fourth-order valence-electron chi connectivity index (χ4n) is 1.73. The fraction of sp³-hybridized carbons (Fsp3) is 0.500. The lowest BCUT2D eigenvalue weighted by atomic mass is 9.91. The molecule has 0 aliphatic carbocycles. The molecule has 2 N–H and O–H groups in total. The first-order valence-electron chi connectivity index (χ1n) is 6.04. The molecule has 3 atom stereocenters. The molecule has 4 heteroatoms. The minimum atomic E-state index is -1.35. The molecular weight excluding hydrogens is 232 g/mol. The summed E-state index contributed by atoms with van der Waals surface area (Å²) in [6.07, 6.45) is -1.46. The van der Waals surface area contributed by atoms with Crippen molar-refractivity contribution in [2.24, 2.45) is 0 Å². The Morgan fingerprint density at radius 3 is 2.44 bits per heavy atom. The lowest BCUT2D eigenvalue weighted by Gasteiger charge is -2.36. The molecule has 0 fully saturated rings. The Morgan fingerprint density at radius 1 is 1.33 bits per heavy atom. The van der Waals surface area contributed by atoms with Crippen molar-refractivity contribution in [1.29, 1.82) is 0 Å². The van der Waals surface area contributed by atoms with Crippen molar-refractivity contribution in [3.63, 3.8) is 0 Å². The summed E-state index contributed by atoms with van der Waals surface area (Å²) in [5.74, 6) is 0. The summed E-state index contributed by atoms with van der Waals surface area (Å²) in [5.41, 5.74) is -0.364. The van der Waals surface area contributed by atoms with Gasteiger partial charge in [-0.05, 0) is 18.9 Å². The van der Waals surface area contributed by atoms with Crippen molar-refractivity contribution in [3.8, 4) is 0 Å². The second-order valence-corrected chi connectivity index (χ2v) is 4.46. The molecule has 4 nitrogen and oxygen atoms in total. The highest BCUT2D eigenvalue weighted by Gasteiger charge is 2.40. The van der Waals surface area contributed by atoms with Gasteiger partial charge in [0.2, 0.25) is 0 Å². The van der Waals surface area contributed by atoms with Gasteiger partial charge >= 0.3 is 0 Å². The van der Waals surface area contributed by atoms with E-state index in [0.29, 0.717) is 12.7 Å². The summed E-state index contributed by atoms with van der Waals surface area (Å²) in [6.45, 7) is 3.55. The van der Waals surface area contributed by atoms with E-state index < -0.39 is 17.8 Å². The maximum Gasteiger partial charge on any atom is 0.151 e. The molecule has 1 aromatic carbocycles. The fourth-order valence-corrected chi connectivity index (χ4v) is 1.73. The second kappa shape index (κ2) is 6.64. The Balaban J connectivity index is 2.76. The number of aliphatic hydroxyl groups excluding tert-OH is 2. The van der Waals surface area contributed by atoms with Gasteiger partial charge in [0, 0.05) is 0 Å². The van der Waals surface area contributed by atoms with Gasteiger partial charge in [-0.1, -0.05) is 37.3 Å².